The first-order chi connectivity index (χ1) is 16.8. The standard InChI is InChI=1S/C26H31FN2O6/c1-3-34-23-11-6-18(15-22(23)27)24(30)28-12-13-29-25(31)21-10-9-20(14-16(21)2)35-19-7-4-17(5-8-19)26(32)33/h6,9-11,14-15,17,19H,3-5,7-8,12-13H2,1-2H3,(H,28,30)(H,29,31)(H,32,33)/t17-,19+. The van der Waals surface area contributed by atoms with Crippen LogP contribution in [0.3, 0.4) is 0 Å². The zero-order valence-corrected chi connectivity index (χ0v) is 19.9. The molecule has 2 amide bonds. The summed E-state index contributed by atoms with van der Waals surface area (Å²) in [5.74, 6) is -1.65. The second kappa shape index (κ2) is 12.2. The van der Waals surface area contributed by atoms with E-state index in [1.807, 2.05) is 6.92 Å². The lowest BCUT2D eigenvalue weighted by Crippen LogP contribution is -2.35. The Bertz CT molecular complexity index is 1070. The van der Waals surface area contributed by atoms with Crippen LogP contribution in [-0.2, 0) is 4.79 Å². The highest BCUT2D eigenvalue weighted by molar-refractivity contribution is 5.96. The highest BCUT2D eigenvalue weighted by Crippen LogP contribution is 2.28. The number of hydrogen-bond donors (Lipinski definition) is 3. The van der Waals surface area contributed by atoms with Crippen LogP contribution < -0.4 is 20.1 Å². The van der Waals surface area contributed by atoms with E-state index in [9.17, 15) is 18.8 Å². The van der Waals surface area contributed by atoms with Crippen LogP contribution in [0.1, 0.15) is 58.9 Å². The smallest absolute Gasteiger partial charge is 0.306 e. The molecule has 1 aliphatic carbocycles. The fourth-order valence-electron chi connectivity index (χ4n) is 4.05. The van der Waals surface area contributed by atoms with Crippen LogP contribution in [0.25, 0.3) is 0 Å². The first-order valence-corrected chi connectivity index (χ1v) is 11.8. The molecule has 0 spiro atoms. The molecule has 2 aromatic rings. The van der Waals surface area contributed by atoms with Crippen molar-refractivity contribution in [3.8, 4) is 11.5 Å². The lowest BCUT2D eigenvalue weighted by atomic mass is 9.87. The maximum absolute atomic E-state index is 13.9. The van der Waals surface area contributed by atoms with E-state index < -0.39 is 17.7 Å². The van der Waals surface area contributed by atoms with Gasteiger partial charge >= 0.3 is 5.97 Å². The van der Waals surface area contributed by atoms with Crippen LogP contribution in [0.2, 0.25) is 0 Å². The third-order valence-corrected chi connectivity index (χ3v) is 5.96. The van der Waals surface area contributed by atoms with Crippen molar-refractivity contribution in [2.45, 2.75) is 45.6 Å². The summed E-state index contributed by atoms with van der Waals surface area (Å²) in [6.45, 7) is 4.26. The summed E-state index contributed by atoms with van der Waals surface area (Å²) in [5, 5.41) is 14.5. The number of carbonyl (C=O) groups is 3. The SMILES string of the molecule is CCOc1ccc(C(=O)NCCNC(=O)c2ccc(O[C@H]3CC[C@@H](C(=O)O)CC3)cc2C)cc1F. The number of aryl methyl sites for hydroxylation is 1. The minimum Gasteiger partial charge on any atom is -0.491 e. The van der Waals surface area contributed by atoms with E-state index in [-0.39, 0.29) is 42.3 Å². The molecular formula is C26H31FN2O6. The largest absolute Gasteiger partial charge is 0.491 e. The van der Waals surface area contributed by atoms with Crippen LogP contribution in [0.15, 0.2) is 36.4 Å². The molecule has 188 valence electrons. The van der Waals surface area contributed by atoms with Gasteiger partial charge in [0.25, 0.3) is 11.8 Å². The molecule has 35 heavy (non-hydrogen) atoms. The van der Waals surface area contributed by atoms with Gasteiger partial charge in [-0.2, -0.15) is 0 Å². The number of carboxylic acids is 1. The summed E-state index contributed by atoms with van der Waals surface area (Å²) in [4.78, 5) is 35.8. The summed E-state index contributed by atoms with van der Waals surface area (Å²) in [6, 6.07) is 9.21. The summed E-state index contributed by atoms with van der Waals surface area (Å²) in [5.41, 5.74) is 1.40. The van der Waals surface area contributed by atoms with Crippen molar-refractivity contribution in [2.75, 3.05) is 19.7 Å². The Morgan fingerprint density at radius 2 is 1.69 bits per heavy atom. The summed E-state index contributed by atoms with van der Waals surface area (Å²) in [6.07, 6.45) is 2.55. The summed E-state index contributed by atoms with van der Waals surface area (Å²) >= 11 is 0. The van der Waals surface area contributed by atoms with Crippen LogP contribution in [0.5, 0.6) is 11.5 Å². The Morgan fingerprint density at radius 1 is 1.00 bits per heavy atom. The Kier molecular flexibility index (Phi) is 9.05. The third-order valence-electron chi connectivity index (χ3n) is 5.96. The van der Waals surface area contributed by atoms with Crippen LogP contribution in [-0.4, -0.2) is 48.7 Å². The molecule has 0 heterocycles. The van der Waals surface area contributed by atoms with Gasteiger partial charge in [0.05, 0.1) is 18.6 Å². The number of carbonyl (C=O) groups excluding carboxylic acids is 2. The molecule has 1 aliphatic rings. The molecule has 8 nitrogen and oxygen atoms in total. The molecule has 0 atom stereocenters. The van der Waals surface area contributed by atoms with E-state index in [2.05, 4.69) is 10.6 Å². The van der Waals surface area contributed by atoms with Gasteiger partial charge in [-0.15, -0.1) is 0 Å². The molecule has 3 N–H and O–H groups in total. The molecule has 1 saturated carbocycles. The molecular weight excluding hydrogens is 455 g/mol. The number of ether oxygens (including phenoxy) is 2. The zero-order chi connectivity index (χ0) is 25.4. The summed E-state index contributed by atoms with van der Waals surface area (Å²) in [7, 11) is 0. The van der Waals surface area contributed by atoms with Crippen molar-refractivity contribution >= 4 is 17.8 Å². The second-order valence-electron chi connectivity index (χ2n) is 8.50. The van der Waals surface area contributed by atoms with E-state index in [1.165, 1.54) is 12.1 Å². The van der Waals surface area contributed by atoms with Crippen molar-refractivity contribution < 1.29 is 33.4 Å². The van der Waals surface area contributed by atoms with E-state index in [1.54, 1.807) is 25.1 Å². The predicted molar refractivity (Wildman–Crippen MR) is 127 cm³/mol. The normalized spacial score (nSPS) is 17.3. The van der Waals surface area contributed by atoms with E-state index in [0.29, 0.717) is 43.6 Å². The van der Waals surface area contributed by atoms with E-state index >= 15 is 0 Å². The van der Waals surface area contributed by atoms with Gasteiger partial charge in [0, 0.05) is 24.2 Å². The third kappa shape index (κ3) is 7.18. The van der Waals surface area contributed by atoms with E-state index in [0.717, 1.165) is 11.6 Å². The highest BCUT2D eigenvalue weighted by atomic mass is 19.1. The molecule has 0 aliphatic heterocycles. The summed E-state index contributed by atoms with van der Waals surface area (Å²) < 4.78 is 25.0. The molecule has 0 radical (unpaired) electrons. The molecule has 0 unspecified atom stereocenters. The maximum Gasteiger partial charge on any atom is 0.306 e. The number of hydrogen-bond acceptors (Lipinski definition) is 5. The van der Waals surface area contributed by atoms with Gasteiger partial charge < -0.3 is 25.2 Å². The minimum absolute atomic E-state index is 0.0304. The number of rotatable bonds is 10. The van der Waals surface area contributed by atoms with Crippen LogP contribution in [0, 0.1) is 18.7 Å². The van der Waals surface area contributed by atoms with Gasteiger partial charge in [0.1, 0.15) is 5.75 Å². The lowest BCUT2D eigenvalue weighted by Gasteiger charge is -2.27. The number of benzene rings is 2. The average molecular weight is 487 g/mol. The first kappa shape index (κ1) is 26.0. The van der Waals surface area contributed by atoms with Crippen molar-refractivity contribution in [3.05, 3.63) is 58.9 Å². The van der Waals surface area contributed by atoms with Crippen molar-refractivity contribution in [1.82, 2.24) is 10.6 Å². The number of aliphatic carboxylic acids is 1. The van der Waals surface area contributed by atoms with Gasteiger partial charge in [0.15, 0.2) is 11.6 Å². The van der Waals surface area contributed by atoms with Crippen molar-refractivity contribution in [2.24, 2.45) is 5.92 Å². The topological polar surface area (TPSA) is 114 Å². The second-order valence-corrected chi connectivity index (χ2v) is 8.50. The van der Waals surface area contributed by atoms with E-state index in [4.69, 9.17) is 14.6 Å². The van der Waals surface area contributed by atoms with Crippen LogP contribution >= 0.6 is 0 Å². The van der Waals surface area contributed by atoms with Crippen molar-refractivity contribution in [3.63, 3.8) is 0 Å². The predicted octanol–water partition coefficient (Wildman–Crippen LogP) is 3.71. The van der Waals surface area contributed by atoms with Gasteiger partial charge in [-0.05, 0) is 81.5 Å². The quantitative estimate of drug-likeness (QED) is 0.441. The number of carboxylic acid groups (broad SMARTS) is 1. The maximum atomic E-state index is 13.9. The Morgan fingerprint density at radius 3 is 2.29 bits per heavy atom. The number of halogens is 1. The monoisotopic (exact) mass is 486 g/mol. The minimum atomic E-state index is -0.751. The molecule has 9 heteroatoms. The fourth-order valence-corrected chi connectivity index (χ4v) is 4.05. The first-order valence-electron chi connectivity index (χ1n) is 11.8. The van der Waals surface area contributed by atoms with Gasteiger partial charge in [-0.1, -0.05) is 0 Å². The Labute approximate surface area is 203 Å². The fraction of sp³-hybridized carbons (Fsp3) is 0.423. The number of nitrogens with one attached hydrogen (secondary N) is 2. The zero-order valence-electron chi connectivity index (χ0n) is 19.9. The molecule has 3 rings (SSSR count). The van der Waals surface area contributed by atoms with Gasteiger partial charge in [-0.25, -0.2) is 4.39 Å². The van der Waals surface area contributed by atoms with Crippen LogP contribution in [0.4, 0.5) is 4.39 Å². The average Bonchev–Trinajstić information content (AvgIpc) is 2.83. The molecule has 0 bridgehead atoms. The molecule has 1 fully saturated rings. The molecule has 0 aromatic heterocycles. The Hall–Kier alpha value is -3.62. The van der Waals surface area contributed by atoms with Gasteiger partial charge in [0.2, 0.25) is 0 Å². The molecule has 0 saturated heterocycles. The Balaban J connectivity index is 1.44. The van der Waals surface area contributed by atoms with Gasteiger partial charge in [-0.3, -0.25) is 14.4 Å². The lowest BCUT2D eigenvalue weighted by molar-refractivity contribution is -0.143. The highest BCUT2D eigenvalue weighted by Gasteiger charge is 2.27. The van der Waals surface area contributed by atoms with Crippen molar-refractivity contribution in [1.29, 1.82) is 0 Å². The number of amides is 2. The molecule has 2 aromatic carbocycles.